The molecular weight excluding hydrogens is 336 g/mol. The lowest BCUT2D eigenvalue weighted by atomic mass is 10.2. The van der Waals surface area contributed by atoms with Crippen LogP contribution >= 0.6 is 0 Å². The highest BCUT2D eigenvalue weighted by Crippen LogP contribution is 2.18. The minimum Gasteiger partial charge on any atom is -0.451 e. The van der Waals surface area contributed by atoms with E-state index >= 15 is 0 Å². The number of nitrogens with zero attached hydrogens (tertiary/aromatic N) is 2. The summed E-state index contributed by atoms with van der Waals surface area (Å²) >= 11 is 0. The van der Waals surface area contributed by atoms with Crippen molar-refractivity contribution in [3.8, 4) is 0 Å². The summed E-state index contributed by atoms with van der Waals surface area (Å²) in [6.07, 6.45) is -1.00. The predicted octanol–water partition coefficient (Wildman–Crippen LogP) is 1.34. The van der Waals surface area contributed by atoms with E-state index in [1.807, 2.05) is 6.92 Å². The number of ether oxygens (including phenoxy) is 1. The number of hydrogen-bond acceptors (Lipinski definition) is 5. The van der Waals surface area contributed by atoms with E-state index in [-0.39, 0.29) is 12.5 Å². The number of nitrogens with one attached hydrogen (secondary N) is 2. The largest absolute Gasteiger partial charge is 0.451 e. The van der Waals surface area contributed by atoms with Crippen molar-refractivity contribution in [3.63, 3.8) is 0 Å². The van der Waals surface area contributed by atoms with Gasteiger partial charge in [-0.2, -0.15) is 5.10 Å². The third-order valence-corrected chi connectivity index (χ3v) is 3.86. The second kappa shape index (κ2) is 8.28. The molecule has 138 valence electrons. The minimum absolute atomic E-state index is 0.323. The van der Waals surface area contributed by atoms with E-state index in [1.54, 1.807) is 49.0 Å². The fourth-order valence-electron chi connectivity index (χ4n) is 2.32. The quantitative estimate of drug-likeness (QED) is 0.759. The SMILES string of the molecule is Cc1nn(C)c(C)c1NC(=O)[C@@H](C)OC(=O)CNC(=O)c1ccccc1. The zero-order chi connectivity index (χ0) is 19.3. The van der Waals surface area contributed by atoms with E-state index in [0.717, 1.165) is 5.69 Å². The average Bonchev–Trinajstić information content (AvgIpc) is 2.86. The number of aryl methyl sites for hydroxylation is 2. The first kappa shape index (κ1) is 19.2. The molecule has 2 amide bonds. The summed E-state index contributed by atoms with van der Waals surface area (Å²) in [5.74, 6) is -1.55. The Labute approximate surface area is 151 Å². The lowest BCUT2D eigenvalue weighted by Crippen LogP contribution is -2.36. The van der Waals surface area contributed by atoms with Crippen LogP contribution in [0.25, 0.3) is 0 Å². The van der Waals surface area contributed by atoms with Crippen LogP contribution in [0.4, 0.5) is 5.69 Å². The highest BCUT2D eigenvalue weighted by atomic mass is 16.5. The van der Waals surface area contributed by atoms with Gasteiger partial charge >= 0.3 is 5.97 Å². The van der Waals surface area contributed by atoms with Gasteiger partial charge in [0.1, 0.15) is 6.54 Å². The molecule has 1 aromatic heterocycles. The Morgan fingerprint density at radius 3 is 2.42 bits per heavy atom. The molecular formula is C18H22N4O4. The van der Waals surface area contributed by atoms with Crippen LogP contribution in [-0.2, 0) is 21.4 Å². The third kappa shape index (κ3) is 4.69. The molecule has 0 aliphatic carbocycles. The van der Waals surface area contributed by atoms with Gasteiger partial charge in [0.2, 0.25) is 0 Å². The molecule has 1 atom stereocenters. The number of aromatic nitrogens is 2. The van der Waals surface area contributed by atoms with E-state index in [1.165, 1.54) is 6.92 Å². The van der Waals surface area contributed by atoms with Crippen LogP contribution in [-0.4, -0.2) is 40.2 Å². The molecule has 8 heteroatoms. The van der Waals surface area contributed by atoms with Gasteiger partial charge in [-0.05, 0) is 32.9 Å². The zero-order valence-electron chi connectivity index (χ0n) is 15.2. The van der Waals surface area contributed by atoms with Gasteiger partial charge in [0.05, 0.1) is 17.1 Å². The van der Waals surface area contributed by atoms with E-state index in [0.29, 0.717) is 16.9 Å². The first-order valence-corrected chi connectivity index (χ1v) is 8.13. The minimum atomic E-state index is -1.00. The maximum atomic E-state index is 12.2. The molecule has 0 bridgehead atoms. The molecule has 0 saturated heterocycles. The Kier molecular flexibility index (Phi) is 6.11. The molecule has 2 N–H and O–H groups in total. The van der Waals surface area contributed by atoms with Crippen molar-refractivity contribution in [1.82, 2.24) is 15.1 Å². The number of hydrogen-bond donors (Lipinski definition) is 2. The first-order chi connectivity index (χ1) is 12.3. The van der Waals surface area contributed by atoms with Crippen LogP contribution in [0.1, 0.15) is 28.7 Å². The van der Waals surface area contributed by atoms with Gasteiger partial charge in [0.25, 0.3) is 11.8 Å². The van der Waals surface area contributed by atoms with Crippen LogP contribution in [0.5, 0.6) is 0 Å². The molecule has 26 heavy (non-hydrogen) atoms. The summed E-state index contributed by atoms with van der Waals surface area (Å²) in [5.41, 5.74) is 2.50. The topological polar surface area (TPSA) is 102 Å². The Balaban J connectivity index is 1.84. The molecule has 0 fully saturated rings. The van der Waals surface area contributed by atoms with E-state index in [2.05, 4.69) is 15.7 Å². The van der Waals surface area contributed by atoms with Crippen molar-refractivity contribution in [2.24, 2.45) is 7.05 Å². The Morgan fingerprint density at radius 1 is 1.19 bits per heavy atom. The van der Waals surface area contributed by atoms with Crippen LogP contribution < -0.4 is 10.6 Å². The van der Waals surface area contributed by atoms with Crippen LogP contribution in [0.2, 0.25) is 0 Å². The summed E-state index contributed by atoms with van der Waals surface area (Å²) in [6, 6.07) is 8.51. The number of amides is 2. The van der Waals surface area contributed by atoms with E-state index < -0.39 is 18.0 Å². The number of benzene rings is 1. The fourth-order valence-corrected chi connectivity index (χ4v) is 2.32. The summed E-state index contributed by atoms with van der Waals surface area (Å²) in [4.78, 5) is 35.9. The Hall–Kier alpha value is -3.16. The normalized spacial score (nSPS) is 11.5. The predicted molar refractivity (Wildman–Crippen MR) is 95.6 cm³/mol. The third-order valence-electron chi connectivity index (χ3n) is 3.86. The summed E-state index contributed by atoms with van der Waals surface area (Å²) in [7, 11) is 1.77. The standard InChI is InChI=1S/C18H22N4O4/c1-11-16(12(2)22(4)21-11)20-17(24)13(3)26-15(23)10-19-18(25)14-8-6-5-7-9-14/h5-9,13H,10H2,1-4H3,(H,19,25)(H,20,24)/t13-/m1/s1. The van der Waals surface area contributed by atoms with Gasteiger partial charge in [0.15, 0.2) is 6.10 Å². The molecule has 0 spiro atoms. The van der Waals surface area contributed by atoms with Gasteiger partial charge in [-0.3, -0.25) is 19.1 Å². The van der Waals surface area contributed by atoms with Gasteiger partial charge in [0, 0.05) is 12.6 Å². The average molecular weight is 358 g/mol. The Morgan fingerprint density at radius 2 is 1.85 bits per heavy atom. The molecule has 0 aliphatic heterocycles. The number of esters is 1. The molecule has 1 aromatic carbocycles. The zero-order valence-corrected chi connectivity index (χ0v) is 15.2. The number of carbonyl (C=O) groups excluding carboxylic acids is 3. The highest BCUT2D eigenvalue weighted by molar-refractivity contribution is 5.97. The van der Waals surface area contributed by atoms with Gasteiger partial charge in [-0.25, -0.2) is 0 Å². The number of rotatable bonds is 6. The molecule has 2 rings (SSSR count). The van der Waals surface area contributed by atoms with Crippen molar-refractivity contribution >= 4 is 23.5 Å². The number of carbonyl (C=O) groups is 3. The fraction of sp³-hybridized carbons (Fsp3) is 0.333. The molecule has 0 radical (unpaired) electrons. The first-order valence-electron chi connectivity index (χ1n) is 8.13. The van der Waals surface area contributed by atoms with Gasteiger partial charge in [-0.1, -0.05) is 18.2 Å². The van der Waals surface area contributed by atoms with Gasteiger partial charge in [-0.15, -0.1) is 0 Å². The maximum absolute atomic E-state index is 12.2. The molecule has 0 unspecified atom stereocenters. The van der Waals surface area contributed by atoms with Crippen molar-refractivity contribution < 1.29 is 19.1 Å². The highest BCUT2D eigenvalue weighted by Gasteiger charge is 2.21. The molecule has 8 nitrogen and oxygen atoms in total. The molecule has 0 aliphatic rings. The van der Waals surface area contributed by atoms with Crippen molar-refractivity contribution in [3.05, 3.63) is 47.3 Å². The smallest absolute Gasteiger partial charge is 0.326 e. The summed E-state index contributed by atoms with van der Waals surface area (Å²) in [6.45, 7) is 4.74. The summed E-state index contributed by atoms with van der Waals surface area (Å²) in [5, 5.41) is 9.37. The van der Waals surface area contributed by atoms with Crippen molar-refractivity contribution in [1.29, 1.82) is 0 Å². The van der Waals surface area contributed by atoms with E-state index in [9.17, 15) is 14.4 Å². The second-order valence-electron chi connectivity index (χ2n) is 5.84. The van der Waals surface area contributed by atoms with Crippen LogP contribution in [0.3, 0.4) is 0 Å². The molecule has 2 aromatic rings. The van der Waals surface area contributed by atoms with Crippen LogP contribution in [0, 0.1) is 13.8 Å². The van der Waals surface area contributed by atoms with Crippen LogP contribution in [0.15, 0.2) is 30.3 Å². The molecule has 0 saturated carbocycles. The van der Waals surface area contributed by atoms with Crippen molar-refractivity contribution in [2.45, 2.75) is 26.9 Å². The Bertz CT molecular complexity index is 814. The monoisotopic (exact) mass is 358 g/mol. The lowest BCUT2D eigenvalue weighted by Gasteiger charge is -2.14. The lowest BCUT2D eigenvalue weighted by molar-refractivity contribution is -0.152. The molecule has 1 heterocycles. The van der Waals surface area contributed by atoms with E-state index in [4.69, 9.17) is 4.74 Å². The second-order valence-corrected chi connectivity index (χ2v) is 5.84. The van der Waals surface area contributed by atoms with Crippen molar-refractivity contribution in [2.75, 3.05) is 11.9 Å². The maximum Gasteiger partial charge on any atom is 0.326 e. The number of anilines is 1. The summed E-state index contributed by atoms with van der Waals surface area (Å²) < 4.78 is 6.72. The van der Waals surface area contributed by atoms with Gasteiger partial charge < -0.3 is 15.4 Å².